The highest BCUT2D eigenvalue weighted by Gasteiger charge is 2.28. The molecule has 3 rings (SSSR count). The zero-order chi connectivity index (χ0) is 16.2. The molecule has 0 saturated carbocycles. The molecule has 2 aromatic rings. The van der Waals surface area contributed by atoms with E-state index in [0.717, 1.165) is 30.0 Å². The molecule has 1 aromatic heterocycles. The Hall–Kier alpha value is -1.46. The average Bonchev–Trinajstić information content (AvgIpc) is 2.97. The predicted molar refractivity (Wildman–Crippen MR) is 95.6 cm³/mol. The van der Waals surface area contributed by atoms with E-state index in [0.29, 0.717) is 12.5 Å². The first kappa shape index (κ1) is 16.4. The fourth-order valence-corrected chi connectivity index (χ4v) is 4.19. The number of piperidine rings is 1. The quantitative estimate of drug-likeness (QED) is 0.910. The topological polar surface area (TPSA) is 45.2 Å². The largest absolute Gasteiger partial charge is 0.355 e. The van der Waals surface area contributed by atoms with Gasteiger partial charge in [-0.2, -0.15) is 0 Å². The summed E-state index contributed by atoms with van der Waals surface area (Å²) >= 11 is 1.77. The molecule has 0 bridgehead atoms. The molecule has 1 aliphatic rings. The second-order valence-electron chi connectivity index (χ2n) is 6.70. The number of amides is 1. The molecule has 1 saturated heterocycles. The number of carbonyl (C=O) groups excluding carboxylic acids is 1. The van der Waals surface area contributed by atoms with E-state index < -0.39 is 0 Å². The lowest BCUT2D eigenvalue weighted by atomic mass is 10.0. The van der Waals surface area contributed by atoms with E-state index in [9.17, 15) is 4.79 Å². The Kier molecular flexibility index (Phi) is 5.28. The average molecular weight is 331 g/mol. The zero-order valence-electron chi connectivity index (χ0n) is 13.9. The van der Waals surface area contributed by atoms with Crippen molar-refractivity contribution in [2.75, 3.05) is 19.6 Å². The molecule has 1 atom stereocenters. The van der Waals surface area contributed by atoms with Gasteiger partial charge in [-0.25, -0.2) is 4.98 Å². The van der Waals surface area contributed by atoms with Gasteiger partial charge >= 0.3 is 0 Å². The second-order valence-corrected chi connectivity index (χ2v) is 7.76. The summed E-state index contributed by atoms with van der Waals surface area (Å²) in [4.78, 5) is 19.3. The minimum absolute atomic E-state index is 0.131. The number of hydrogen-bond donors (Lipinski definition) is 1. The Bertz CT molecular complexity index is 634. The maximum Gasteiger partial charge on any atom is 0.234 e. The smallest absolute Gasteiger partial charge is 0.234 e. The third kappa shape index (κ3) is 4.09. The number of aromatic nitrogens is 1. The van der Waals surface area contributed by atoms with Gasteiger partial charge in [0.25, 0.3) is 0 Å². The molecular formula is C18H25N3OS. The van der Waals surface area contributed by atoms with Gasteiger partial charge in [-0.3, -0.25) is 9.69 Å². The van der Waals surface area contributed by atoms with Crippen LogP contribution < -0.4 is 5.32 Å². The van der Waals surface area contributed by atoms with E-state index in [-0.39, 0.29) is 11.9 Å². The van der Waals surface area contributed by atoms with E-state index in [1.807, 2.05) is 6.07 Å². The first-order chi connectivity index (χ1) is 11.1. The van der Waals surface area contributed by atoms with Crippen molar-refractivity contribution in [2.45, 2.75) is 39.2 Å². The van der Waals surface area contributed by atoms with Crippen molar-refractivity contribution in [3.8, 4) is 0 Å². The van der Waals surface area contributed by atoms with Crippen molar-refractivity contribution in [2.24, 2.45) is 5.92 Å². The molecule has 1 amide bonds. The number of carbonyl (C=O) groups is 1. The molecule has 5 heteroatoms. The van der Waals surface area contributed by atoms with Crippen LogP contribution in [0.1, 0.15) is 44.2 Å². The van der Waals surface area contributed by atoms with E-state index >= 15 is 0 Å². The van der Waals surface area contributed by atoms with Gasteiger partial charge in [0.05, 0.1) is 22.8 Å². The first-order valence-electron chi connectivity index (χ1n) is 8.49. The third-order valence-corrected chi connectivity index (χ3v) is 5.40. The molecule has 1 N–H and O–H groups in total. The summed E-state index contributed by atoms with van der Waals surface area (Å²) in [5, 5.41) is 4.19. The molecule has 1 aliphatic heterocycles. The van der Waals surface area contributed by atoms with Crippen LogP contribution in [-0.4, -0.2) is 35.4 Å². The fourth-order valence-electron chi connectivity index (χ4n) is 3.05. The van der Waals surface area contributed by atoms with E-state index in [4.69, 9.17) is 4.98 Å². The van der Waals surface area contributed by atoms with Gasteiger partial charge in [0.2, 0.25) is 5.91 Å². The summed E-state index contributed by atoms with van der Waals surface area (Å²) in [6.45, 7) is 6.44. The van der Waals surface area contributed by atoms with E-state index in [1.54, 1.807) is 11.3 Å². The molecule has 0 radical (unpaired) electrons. The summed E-state index contributed by atoms with van der Waals surface area (Å²) in [5.74, 6) is 0.618. The molecule has 0 unspecified atom stereocenters. The number of benzene rings is 1. The van der Waals surface area contributed by atoms with Crippen LogP contribution in [0.5, 0.6) is 0 Å². The van der Waals surface area contributed by atoms with Crippen molar-refractivity contribution in [1.82, 2.24) is 15.2 Å². The van der Waals surface area contributed by atoms with Gasteiger partial charge < -0.3 is 5.32 Å². The Morgan fingerprint density at radius 2 is 2.22 bits per heavy atom. The normalized spacial score (nSPS) is 19.3. The number of rotatable bonds is 5. The van der Waals surface area contributed by atoms with Gasteiger partial charge in [0.15, 0.2) is 0 Å². The number of likely N-dealkylation sites (tertiary alicyclic amines) is 1. The Labute approximate surface area is 141 Å². The van der Waals surface area contributed by atoms with Gasteiger partial charge in [0.1, 0.15) is 5.01 Å². The van der Waals surface area contributed by atoms with Gasteiger partial charge in [-0.15, -0.1) is 11.3 Å². The SMILES string of the molecule is CC(C)CNC(=O)CN1CCCC[C@H]1c1nc2ccccc2s1. The number of hydrogen-bond acceptors (Lipinski definition) is 4. The van der Waals surface area contributed by atoms with E-state index in [2.05, 4.69) is 42.3 Å². The molecule has 0 spiro atoms. The number of nitrogens with zero attached hydrogens (tertiary/aromatic N) is 2. The van der Waals surface area contributed by atoms with Crippen LogP contribution in [0, 0.1) is 5.92 Å². The van der Waals surface area contributed by atoms with Crippen molar-refractivity contribution >= 4 is 27.5 Å². The van der Waals surface area contributed by atoms with Crippen LogP contribution in [0.25, 0.3) is 10.2 Å². The molecule has 23 heavy (non-hydrogen) atoms. The molecule has 1 aromatic carbocycles. The third-order valence-electron chi connectivity index (χ3n) is 4.26. The van der Waals surface area contributed by atoms with Crippen LogP contribution in [-0.2, 0) is 4.79 Å². The lowest BCUT2D eigenvalue weighted by Crippen LogP contribution is -2.42. The van der Waals surface area contributed by atoms with Crippen LogP contribution in [0.2, 0.25) is 0 Å². The summed E-state index contributed by atoms with van der Waals surface area (Å²) in [7, 11) is 0. The lowest BCUT2D eigenvalue weighted by Gasteiger charge is -2.33. The van der Waals surface area contributed by atoms with Crippen molar-refractivity contribution in [3.05, 3.63) is 29.3 Å². The highest BCUT2D eigenvalue weighted by Crippen LogP contribution is 2.35. The molecule has 2 heterocycles. The van der Waals surface area contributed by atoms with Crippen LogP contribution >= 0.6 is 11.3 Å². The second kappa shape index (κ2) is 7.41. The Balaban J connectivity index is 1.72. The lowest BCUT2D eigenvalue weighted by molar-refractivity contribution is -0.123. The Morgan fingerprint density at radius 3 is 3.00 bits per heavy atom. The molecule has 0 aliphatic carbocycles. The monoisotopic (exact) mass is 331 g/mol. The van der Waals surface area contributed by atoms with Crippen LogP contribution in [0.3, 0.4) is 0 Å². The number of thiazole rings is 1. The van der Waals surface area contributed by atoms with Crippen molar-refractivity contribution < 1.29 is 4.79 Å². The first-order valence-corrected chi connectivity index (χ1v) is 9.31. The molecule has 124 valence electrons. The van der Waals surface area contributed by atoms with Crippen molar-refractivity contribution in [1.29, 1.82) is 0 Å². The van der Waals surface area contributed by atoms with E-state index in [1.165, 1.54) is 17.5 Å². The summed E-state index contributed by atoms with van der Waals surface area (Å²) in [6, 6.07) is 8.56. The summed E-state index contributed by atoms with van der Waals surface area (Å²) in [6.07, 6.45) is 3.47. The standard InChI is InChI=1S/C18H25N3OS/c1-13(2)11-19-17(22)12-21-10-6-5-8-15(21)18-20-14-7-3-4-9-16(14)23-18/h3-4,7,9,13,15H,5-6,8,10-12H2,1-2H3,(H,19,22)/t15-/m0/s1. The summed E-state index contributed by atoms with van der Waals surface area (Å²) < 4.78 is 1.23. The van der Waals surface area contributed by atoms with Gasteiger partial charge in [0, 0.05) is 6.54 Å². The Morgan fingerprint density at radius 1 is 1.39 bits per heavy atom. The number of para-hydroxylation sites is 1. The zero-order valence-corrected chi connectivity index (χ0v) is 14.7. The number of nitrogens with one attached hydrogen (secondary N) is 1. The number of fused-ring (bicyclic) bond motifs is 1. The minimum Gasteiger partial charge on any atom is -0.355 e. The minimum atomic E-state index is 0.131. The van der Waals surface area contributed by atoms with Crippen LogP contribution in [0.4, 0.5) is 0 Å². The highest BCUT2D eigenvalue weighted by atomic mass is 32.1. The molecular weight excluding hydrogens is 306 g/mol. The van der Waals surface area contributed by atoms with Gasteiger partial charge in [-0.1, -0.05) is 32.4 Å². The van der Waals surface area contributed by atoms with Crippen LogP contribution in [0.15, 0.2) is 24.3 Å². The fraction of sp³-hybridized carbons (Fsp3) is 0.556. The maximum absolute atomic E-state index is 12.2. The van der Waals surface area contributed by atoms with Crippen molar-refractivity contribution in [3.63, 3.8) is 0 Å². The molecule has 4 nitrogen and oxygen atoms in total. The molecule has 1 fully saturated rings. The predicted octanol–water partition coefficient (Wildman–Crippen LogP) is 3.60. The maximum atomic E-state index is 12.2. The highest BCUT2D eigenvalue weighted by molar-refractivity contribution is 7.18. The van der Waals surface area contributed by atoms with Gasteiger partial charge in [-0.05, 0) is 37.4 Å². The summed E-state index contributed by atoms with van der Waals surface area (Å²) in [5.41, 5.74) is 1.07.